The Labute approximate surface area is 68.8 Å². The third-order valence-corrected chi connectivity index (χ3v) is 1.35. The summed E-state index contributed by atoms with van der Waals surface area (Å²) in [7, 11) is 0. The van der Waals surface area contributed by atoms with Gasteiger partial charge in [0.15, 0.2) is 0 Å². The zero-order chi connectivity index (χ0) is 8.85. The summed E-state index contributed by atoms with van der Waals surface area (Å²) in [6.07, 6.45) is 0. The highest BCUT2D eigenvalue weighted by atomic mass is 32.1. The third kappa shape index (κ3) is 4.63. The third-order valence-electron chi connectivity index (χ3n) is 0.980. The van der Waals surface area contributed by atoms with Gasteiger partial charge < -0.3 is 10.2 Å². The van der Waals surface area contributed by atoms with Gasteiger partial charge in [-0.3, -0.25) is 14.9 Å². The predicted molar refractivity (Wildman–Crippen MR) is 40.9 cm³/mol. The van der Waals surface area contributed by atoms with Gasteiger partial charge >= 0.3 is 11.9 Å². The van der Waals surface area contributed by atoms with E-state index in [-0.39, 0.29) is 12.3 Å². The molecule has 0 saturated heterocycles. The van der Waals surface area contributed by atoms with Crippen molar-refractivity contribution < 1.29 is 19.8 Å². The molecule has 0 aromatic rings. The molecule has 0 aliphatic rings. The SMILES string of the molecule is O=C(O)CNC(CS)C(=O)O. The zero-order valence-electron chi connectivity index (χ0n) is 5.65. The van der Waals surface area contributed by atoms with E-state index in [9.17, 15) is 9.59 Å². The second-order valence-electron chi connectivity index (χ2n) is 1.85. The van der Waals surface area contributed by atoms with E-state index in [4.69, 9.17) is 10.2 Å². The molecule has 0 spiro atoms. The standard InChI is InChI=1S/C5H9NO4S/c7-4(8)1-6-3(2-11)5(9)10/h3,6,11H,1-2H2,(H,7,8)(H,9,10). The van der Waals surface area contributed by atoms with Crippen LogP contribution < -0.4 is 5.32 Å². The number of rotatable bonds is 5. The van der Waals surface area contributed by atoms with Gasteiger partial charge in [0.25, 0.3) is 0 Å². The fraction of sp³-hybridized carbons (Fsp3) is 0.600. The van der Waals surface area contributed by atoms with Crippen molar-refractivity contribution in [2.75, 3.05) is 12.3 Å². The van der Waals surface area contributed by atoms with E-state index in [1.54, 1.807) is 0 Å². The first-order valence-corrected chi connectivity index (χ1v) is 3.50. The summed E-state index contributed by atoms with van der Waals surface area (Å²) in [6.45, 7) is -0.364. The molecule has 0 amide bonds. The number of nitrogens with one attached hydrogen (secondary N) is 1. The largest absolute Gasteiger partial charge is 0.480 e. The molecule has 0 aliphatic heterocycles. The maximum atomic E-state index is 10.2. The molecule has 1 atom stereocenters. The van der Waals surface area contributed by atoms with Crippen molar-refractivity contribution in [3.05, 3.63) is 0 Å². The molecule has 0 heterocycles. The van der Waals surface area contributed by atoms with E-state index in [2.05, 4.69) is 17.9 Å². The van der Waals surface area contributed by atoms with Gasteiger partial charge in [-0.05, 0) is 0 Å². The fourth-order valence-electron chi connectivity index (χ4n) is 0.440. The molecule has 0 rings (SSSR count). The molecule has 5 nitrogen and oxygen atoms in total. The molecule has 0 aromatic carbocycles. The Morgan fingerprint density at radius 1 is 1.45 bits per heavy atom. The predicted octanol–water partition coefficient (Wildman–Crippen LogP) is -0.956. The van der Waals surface area contributed by atoms with Crippen LogP contribution in [0.2, 0.25) is 0 Å². The van der Waals surface area contributed by atoms with Crippen molar-refractivity contribution in [2.24, 2.45) is 0 Å². The van der Waals surface area contributed by atoms with Gasteiger partial charge in [-0.15, -0.1) is 0 Å². The molecule has 6 heteroatoms. The summed E-state index contributed by atoms with van der Waals surface area (Å²) in [5.41, 5.74) is 0. The van der Waals surface area contributed by atoms with E-state index in [1.807, 2.05) is 0 Å². The van der Waals surface area contributed by atoms with Crippen molar-refractivity contribution in [3.8, 4) is 0 Å². The summed E-state index contributed by atoms with van der Waals surface area (Å²) in [4.78, 5) is 20.2. The number of carboxylic acid groups (broad SMARTS) is 2. The van der Waals surface area contributed by atoms with Gasteiger partial charge in [0.05, 0.1) is 6.54 Å². The highest BCUT2D eigenvalue weighted by Crippen LogP contribution is 1.86. The van der Waals surface area contributed by atoms with Crippen LogP contribution in [-0.4, -0.2) is 40.5 Å². The maximum absolute atomic E-state index is 10.2. The summed E-state index contributed by atoms with van der Waals surface area (Å²) >= 11 is 3.72. The Bertz CT molecular complexity index is 161. The summed E-state index contributed by atoms with van der Waals surface area (Å²) < 4.78 is 0. The highest BCUT2D eigenvalue weighted by molar-refractivity contribution is 7.80. The van der Waals surface area contributed by atoms with Crippen LogP contribution in [0.5, 0.6) is 0 Å². The maximum Gasteiger partial charge on any atom is 0.321 e. The molecule has 0 bridgehead atoms. The van der Waals surface area contributed by atoms with Gasteiger partial charge in [-0.2, -0.15) is 12.6 Å². The first-order valence-electron chi connectivity index (χ1n) is 2.86. The number of hydrogen-bond donors (Lipinski definition) is 4. The zero-order valence-corrected chi connectivity index (χ0v) is 6.54. The molecule has 11 heavy (non-hydrogen) atoms. The molecule has 1 unspecified atom stereocenters. The molecule has 64 valence electrons. The lowest BCUT2D eigenvalue weighted by Gasteiger charge is -2.08. The minimum absolute atomic E-state index is 0.0720. The lowest BCUT2D eigenvalue weighted by molar-refractivity contribution is -0.139. The number of thiol groups is 1. The Morgan fingerprint density at radius 2 is 2.00 bits per heavy atom. The average molecular weight is 179 g/mol. The summed E-state index contributed by atoms with van der Waals surface area (Å²) in [5, 5.41) is 18.8. The van der Waals surface area contributed by atoms with E-state index in [1.165, 1.54) is 0 Å². The molecule has 0 aliphatic carbocycles. The molecule has 0 radical (unpaired) electrons. The minimum atomic E-state index is -1.10. The molecule has 0 saturated carbocycles. The quantitative estimate of drug-likeness (QED) is 0.408. The fourth-order valence-corrected chi connectivity index (χ4v) is 0.726. The normalized spacial score (nSPS) is 12.5. The Morgan fingerprint density at radius 3 is 2.27 bits per heavy atom. The summed E-state index contributed by atoms with van der Waals surface area (Å²) in [5.74, 6) is -2.11. The van der Waals surface area contributed by atoms with Crippen LogP contribution in [0.25, 0.3) is 0 Å². The lowest BCUT2D eigenvalue weighted by Crippen LogP contribution is -2.40. The van der Waals surface area contributed by atoms with Gasteiger partial charge in [-0.1, -0.05) is 0 Å². The van der Waals surface area contributed by atoms with Crippen LogP contribution in [-0.2, 0) is 9.59 Å². The second kappa shape index (κ2) is 4.97. The smallest absolute Gasteiger partial charge is 0.321 e. The number of carboxylic acids is 2. The average Bonchev–Trinajstić information content (AvgIpc) is 1.87. The van der Waals surface area contributed by atoms with Crippen LogP contribution in [0.3, 0.4) is 0 Å². The lowest BCUT2D eigenvalue weighted by atomic mass is 10.3. The van der Waals surface area contributed by atoms with Gasteiger partial charge in [0.1, 0.15) is 6.04 Å². The van der Waals surface area contributed by atoms with Gasteiger partial charge in [-0.25, -0.2) is 0 Å². The van der Waals surface area contributed by atoms with Crippen LogP contribution in [0.15, 0.2) is 0 Å². The monoisotopic (exact) mass is 179 g/mol. The van der Waals surface area contributed by atoms with Crippen molar-refractivity contribution >= 4 is 24.6 Å². The van der Waals surface area contributed by atoms with Gasteiger partial charge in [0, 0.05) is 5.75 Å². The van der Waals surface area contributed by atoms with Gasteiger partial charge in [0.2, 0.25) is 0 Å². The molecule has 0 fully saturated rings. The van der Waals surface area contributed by atoms with Crippen molar-refractivity contribution in [1.29, 1.82) is 0 Å². The van der Waals surface area contributed by atoms with E-state index in [0.717, 1.165) is 0 Å². The molecular weight excluding hydrogens is 170 g/mol. The highest BCUT2D eigenvalue weighted by Gasteiger charge is 2.14. The Kier molecular flexibility index (Phi) is 4.64. The van der Waals surface area contributed by atoms with E-state index < -0.39 is 18.0 Å². The second-order valence-corrected chi connectivity index (χ2v) is 2.21. The molecular formula is C5H9NO4S. The van der Waals surface area contributed by atoms with Crippen LogP contribution in [0.1, 0.15) is 0 Å². The number of hydrogen-bond acceptors (Lipinski definition) is 4. The summed E-state index contributed by atoms with van der Waals surface area (Å²) in [6, 6.07) is -0.894. The van der Waals surface area contributed by atoms with Crippen LogP contribution >= 0.6 is 12.6 Å². The topological polar surface area (TPSA) is 86.6 Å². The Balaban J connectivity index is 3.70. The molecule has 3 N–H and O–H groups in total. The minimum Gasteiger partial charge on any atom is -0.480 e. The molecule has 0 aromatic heterocycles. The van der Waals surface area contributed by atoms with E-state index in [0.29, 0.717) is 0 Å². The number of carbonyl (C=O) groups is 2. The van der Waals surface area contributed by atoms with Crippen LogP contribution in [0, 0.1) is 0 Å². The first-order chi connectivity index (χ1) is 5.07. The van der Waals surface area contributed by atoms with Crippen molar-refractivity contribution in [1.82, 2.24) is 5.32 Å². The number of aliphatic carboxylic acids is 2. The first kappa shape index (κ1) is 10.2. The van der Waals surface area contributed by atoms with Crippen LogP contribution in [0.4, 0.5) is 0 Å². The Hall–Kier alpha value is -0.750. The van der Waals surface area contributed by atoms with Crippen molar-refractivity contribution in [3.63, 3.8) is 0 Å². The van der Waals surface area contributed by atoms with E-state index >= 15 is 0 Å². The van der Waals surface area contributed by atoms with Crippen molar-refractivity contribution in [2.45, 2.75) is 6.04 Å².